The Morgan fingerprint density at radius 2 is 2.15 bits per heavy atom. The number of hydrogen-bond acceptors (Lipinski definition) is 7. The monoisotopic (exact) mass is 415 g/mol. The minimum absolute atomic E-state index is 0.0160. The maximum atomic E-state index is 13.5. The van der Waals surface area contributed by atoms with Crippen LogP contribution in [0, 0.1) is 5.82 Å². The fraction of sp³-hybridized carbons (Fsp3) is 0.133. The van der Waals surface area contributed by atoms with Gasteiger partial charge in [-0.05, 0) is 29.6 Å². The zero-order valence-electron chi connectivity index (χ0n) is 13.8. The van der Waals surface area contributed by atoms with Crippen molar-refractivity contribution in [1.29, 1.82) is 0 Å². The molecule has 3 rings (SSSR count). The van der Waals surface area contributed by atoms with E-state index in [9.17, 15) is 12.8 Å². The highest BCUT2D eigenvalue weighted by Gasteiger charge is 2.34. The lowest BCUT2D eigenvalue weighted by atomic mass is 10.2. The summed E-state index contributed by atoms with van der Waals surface area (Å²) >= 11 is 7.48. The zero-order chi connectivity index (χ0) is 19.1. The molecular formula is C15H15ClFN5O2S2. The van der Waals surface area contributed by atoms with Crippen LogP contribution >= 0.6 is 23.1 Å². The molecule has 7 nitrogen and oxygen atoms in total. The van der Waals surface area contributed by atoms with Crippen molar-refractivity contribution in [3.8, 4) is 0 Å². The summed E-state index contributed by atoms with van der Waals surface area (Å²) in [4.78, 5) is 3.88. The third kappa shape index (κ3) is 3.05. The Kier molecular flexibility index (Phi) is 4.93. The Labute approximate surface area is 159 Å². The highest BCUT2D eigenvalue weighted by Crippen LogP contribution is 2.36. The first-order chi connectivity index (χ1) is 12.3. The van der Waals surface area contributed by atoms with Crippen molar-refractivity contribution in [2.45, 2.75) is 4.90 Å². The van der Waals surface area contributed by atoms with Gasteiger partial charge in [-0.2, -0.15) is 0 Å². The van der Waals surface area contributed by atoms with Gasteiger partial charge in [-0.1, -0.05) is 6.07 Å². The number of amidine groups is 1. The number of anilines is 1. The van der Waals surface area contributed by atoms with Gasteiger partial charge < -0.3 is 11.1 Å². The molecule has 0 aliphatic carbocycles. The minimum atomic E-state index is -4.17. The Morgan fingerprint density at radius 3 is 2.77 bits per heavy atom. The third-order valence-corrected chi connectivity index (χ3v) is 6.36. The predicted octanol–water partition coefficient (Wildman–Crippen LogP) is 2.23. The second kappa shape index (κ2) is 6.88. The average Bonchev–Trinajstić information content (AvgIpc) is 3.08. The number of nitrogens with zero attached hydrogens (tertiary/aromatic N) is 3. The molecule has 3 N–H and O–H groups in total. The number of sulfone groups is 1. The molecule has 1 aliphatic rings. The molecule has 2 aromatic rings. The van der Waals surface area contributed by atoms with Gasteiger partial charge in [0.25, 0.3) is 0 Å². The number of hydrogen-bond donors (Lipinski definition) is 2. The van der Waals surface area contributed by atoms with Crippen molar-refractivity contribution in [2.24, 2.45) is 10.7 Å². The summed E-state index contributed by atoms with van der Waals surface area (Å²) in [6, 6.07) is 6.47. The summed E-state index contributed by atoms with van der Waals surface area (Å²) in [5.41, 5.74) is 6.76. The Hall–Kier alpha value is -2.14. The highest BCUT2D eigenvalue weighted by molar-refractivity contribution is 7.95. The van der Waals surface area contributed by atoms with Gasteiger partial charge in [0.1, 0.15) is 16.7 Å². The Morgan fingerprint density at radius 1 is 1.42 bits per heavy atom. The second-order valence-corrected chi connectivity index (χ2v) is 8.57. The molecule has 0 saturated heterocycles. The third-order valence-electron chi connectivity index (χ3n) is 3.67. The van der Waals surface area contributed by atoms with Gasteiger partial charge in [0.05, 0.1) is 10.5 Å². The number of thiophene rings is 1. The SMILES string of the molecule is CN=C1N/C(=C(/N)S(=O)(=O)c2cccc(F)c2)N(N(C)Cl)c2sccc21. The smallest absolute Gasteiger partial charge is 0.225 e. The molecule has 0 saturated carbocycles. The van der Waals surface area contributed by atoms with Crippen LogP contribution in [-0.2, 0) is 9.84 Å². The number of aliphatic imine (C=N–C) groups is 1. The number of fused-ring (bicyclic) bond motifs is 1. The van der Waals surface area contributed by atoms with Crippen molar-refractivity contribution in [1.82, 2.24) is 9.84 Å². The zero-order valence-corrected chi connectivity index (χ0v) is 16.2. The van der Waals surface area contributed by atoms with Crippen LogP contribution < -0.4 is 16.1 Å². The van der Waals surface area contributed by atoms with Crippen LogP contribution in [0.4, 0.5) is 9.39 Å². The largest absolute Gasteiger partial charge is 0.386 e. The summed E-state index contributed by atoms with van der Waals surface area (Å²) in [6.45, 7) is 0. The van der Waals surface area contributed by atoms with E-state index in [4.69, 9.17) is 17.5 Å². The van der Waals surface area contributed by atoms with Crippen molar-refractivity contribution in [2.75, 3.05) is 19.1 Å². The normalized spacial score (nSPS) is 18.0. The van der Waals surface area contributed by atoms with Crippen molar-refractivity contribution < 1.29 is 12.8 Å². The summed E-state index contributed by atoms with van der Waals surface area (Å²) in [7, 11) is -1.07. The molecule has 1 aromatic carbocycles. The predicted molar refractivity (Wildman–Crippen MR) is 101 cm³/mol. The van der Waals surface area contributed by atoms with Gasteiger partial charge in [0, 0.05) is 25.9 Å². The van der Waals surface area contributed by atoms with Gasteiger partial charge in [-0.3, -0.25) is 4.99 Å². The molecule has 0 bridgehead atoms. The van der Waals surface area contributed by atoms with E-state index in [1.807, 2.05) is 11.4 Å². The molecule has 2 heterocycles. The molecule has 0 amide bonds. The average molecular weight is 416 g/mol. The lowest BCUT2D eigenvalue weighted by Crippen LogP contribution is -2.47. The van der Waals surface area contributed by atoms with Crippen LogP contribution in [0.1, 0.15) is 5.56 Å². The standard InChI is InChI=1S/C15H15ClFN5O2S2/c1-19-13-11-6-7-25-15(11)22(21(2)16)14(20-13)12(18)26(23,24)10-5-3-4-9(17)8-10/h3-8H,18H2,1-2H3,(H,19,20)/b14-12+. The molecule has 11 heteroatoms. The summed E-state index contributed by atoms with van der Waals surface area (Å²) < 4.78 is 40.4. The van der Waals surface area contributed by atoms with Gasteiger partial charge in [0.15, 0.2) is 10.9 Å². The number of nitrogens with two attached hydrogens (primary N) is 1. The van der Waals surface area contributed by atoms with Crippen LogP contribution in [0.5, 0.6) is 0 Å². The van der Waals surface area contributed by atoms with E-state index in [0.717, 1.165) is 17.7 Å². The molecule has 1 aromatic heterocycles. The van der Waals surface area contributed by atoms with E-state index in [0.29, 0.717) is 10.8 Å². The number of nitrogens with one attached hydrogen (secondary N) is 1. The maximum Gasteiger partial charge on any atom is 0.225 e. The van der Waals surface area contributed by atoms with Gasteiger partial charge in [-0.15, -0.1) is 15.9 Å². The highest BCUT2D eigenvalue weighted by atomic mass is 35.5. The van der Waals surface area contributed by atoms with Crippen LogP contribution in [-0.4, -0.2) is 32.9 Å². The van der Waals surface area contributed by atoms with Crippen LogP contribution in [0.3, 0.4) is 0 Å². The van der Waals surface area contributed by atoms with E-state index in [-0.39, 0.29) is 10.7 Å². The number of benzene rings is 1. The summed E-state index contributed by atoms with van der Waals surface area (Å²) in [5.74, 6) is -0.214. The van der Waals surface area contributed by atoms with Crippen LogP contribution in [0.25, 0.3) is 0 Å². The topological polar surface area (TPSA) is 91.0 Å². The van der Waals surface area contributed by atoms with Crippen molar-refractivity contribution in [3.05, 3.63) is 57.9 Å². The molecule has 0 unspecified atom stereocenters. The number of rotatable bonds is 3. The molecule has 0 fully saturated rings. The minimum Gasteiger partial charge on any atom is -0.386 e. The summed E-state index contributed by atoms with van der Waals surface area (Å²) in [6.07, 6.45) is 0. The molecular weight excluding hydrogens is 401 g/mol. The molecule has 1 aliphatic heterocycles. The quantitative estimate of drug-likeness (QED) is 0.747. The molecule has 0 spiro atoms. The van der Waals surface area contributed by atoms with Gasteiger partial charge >= 0.3 is 0 Å². The van der Waals surface area contributed by atoms with E-state index in [1.165, 1.54) is 40.1 Å². The fourth-order valence-corrected chi connectivity index (χ4v) is 4.78. The Bertz CT molecular complexity index is 1020. The first-order valence-electron chi connectivity index (χ1n) is 7.29. The molecule has 26 heavy (non-hydrogen) atoms. The first-order valence-corrected chi connectivity index (χ1v) is 9.99. The van der Waals surface area contributed by atoms with Gasteiger partial charge in [-0.25, -0.2) is 17.8 Å². The lowest BCUT2D eigenvalue weighted by molar-refractivity contribution is 0.523. The molecule has 0 radical (unpaired) electrons. The van der Waals surface area contributed by atoms with E-state index in [2.05, 4.69) is 10.3 Å². The lowest BCUT2D eigenvalue weighted by Gasteiger charge is -2.35. The van der Waals surface area contributed by atoms with E-state index < -0.39 is 20.7 Å². The molecule has 138 valence electrons. The fourth-order valence-electron chi connectivity index (χ4n) is 2.47. The van der Waals surface area contributed by atoms with Crippen molar-refractivity contribution >= 4 is 43.8 Å². The second-order valence-electron chi connectivity index (χ2n) is 5.27. The maximum absolute atomic E-state index is 13.5. The number of halogens is 2. The van der Waals surface area contributed by atoms with Gasteiger partial charge in [0.2, 0.25) is 9.84 Å². The summed E-state index contributed by atoms with van der Waals surface area (Å²) in [5, 5.41) is 6.29. The first kappa shape index (κ1) is 18.6. The van der Waals surface area contributed by atoms with E-state index >= 15 is 0 Å². The van der Waals surface area contributed by atoms with E-state index in [1.54, 1.807) is 7.05 Å². The number of hydrazine groups is 1. The van der Waals surface area contributed by atoms with Crippen LogP contribution in [0.2, 0.25) is 0 Å². The Balaban J connectivity index is 2.22. The van der Waals surface area contributed by atoms with Crippen molar-refractivity contribution in [3.63, 3.8) is 0 Å². The van der Waals surface area contributed by atoms with Crippen LogP contribution in [0.15, 0.2) is 56.4 Å². The molecule has 0 atom stereocenters.